The first-order valence-electron chi connectivity index (χ1n) is 10.8. The van der Waals surface area contributed by atoms with Gasteiger partial charge in [0.15, 0.2) is 0 Å². The molecule has 3 aliphatic carbocycles. The van der Waals surface area contributed by atoms with Gasteiger partial charge in [-0.05, 0) is 62.1 Å². The molecule has 0 radical (unpaired) electrons. The summed E-state index contributed by atoms with van der Waals surface area (Å²) in [6.07, 6.45) is 6.65. The van der Waals surface area contributed by atoms with E-state index in [1.54, 1.807) is 13.0 Å². The van der Waals surface area contributed by atoms with Crippen LogP contribution in [0.3, 0.4) is 0 Å². The largest absolute Gasteiger partial charge is 0.364 e. The van der Waals surface area contributed by atoms with Gasteiger partial charge in [0.25, 0.3) is 11.8 Å². The molecule has 0 aromatic heterocycles. The first-order chi connectivity index (χ1) is 15.1. The zero-order chi connectivity index (χ0) is 23.5. The molecule has 0 heterocycles. The topological polar surface area (TPSA) is 130 Å². The first kappa shape index (κ1) is 23.2. The van der Waals surface area contributed by atoms with Crippen LogP contribution < -0.4 is 21.7 Å². The van der Waals surface area contributed by atoms with Crippen molar-refractivity contribution in [1.82, 2.24) is 10.6 Å². The summed E-state index contributed by atoms with van der Waals surface area (Å²) in [5, 5.41) is 8.01. The number of nitrogens with two attached hydrogens (primary N) is 1. The molecule has 4 amide bonds. The summed E-state index contributed by atoms with van der Waals surface area (Å²) in [5.41, 5.74) is 6.71. The Morgan fingerprint density at radius 3 is 2.22 bits per heavy atom. The lowest BCUT2D eigenvalue weighted by Crippen LogP contribution is -2.51. The lowest BCUT2D eigenvalue weighted by Gasteiger charge is -2.46. The van der Waals surface area contributed by atoms with E-state index in [0.29, 0.717) is 19.3 Å². The third kappa shape index (κ3) is 4.44. The molecule has 0 atom stereocenters. The quantitative estimate of drug-likeness (QED) is 0.464. The number of fused-ring (bicyclic) bond motifs is 1. The number of allylic oxidation sites excluding steroid dienone is 2. The maximum Gasteiger partial charge on any atom is 0.271 e. The minimum Gasteiger partial charge on any atom is -0.364 e. The monoisotopic (exact) mass is 438 g/mol. The van der Waals surface area contributed by atoms with E-state index in [1.807, 2.05) is 31.2 Å². The summed E-state index contributed by atoms with van der Waals surface area (Å²) in [4.78, 5) is 48.4. The van der Waals surface area contributed by atoms with Crippen molar-refractivity contribution in [2.45, 2.75) is 58.3 Å². The van der Waals surface area contributed by atoms with Crippen LogP contribution in [0.5, 0.6) is 0 Å². The molecule has 8 nitrogen and oxygen atoms in total. The molecule has 5 N–H and O–H groups in total. The van der Waals surface area contributed by atoms with E-state index in [9.17, 15) is 19.2 Å². The highest BCUT2D eigenvalue weighted by molar-refractivity contribution is 6.04. The van der Waals surface area contributed by atoms with Gasteiger partial charge in [-0.2, -0.15) is 0 Å². The van der Waals surface area contributed by atoms with Gasteiger partial charge in [0.2, 0.25) is 11.8 Å². The van der Waals surface area contributed by atoms with Gasteiger partial charge in [-0.3, -0.25) is 19.2 Å². The molecule has 170 valence electrons. The minimum absolute atomic E-state index is 0.0179. The lowest BCUT2D eigenvalue weighted by molar-refractivity contribution is -0.136. The van der Waals surface area contributed by atoms with Gasteiger partial charge in [0.05, 0.1) is 5.41 Å². The van der Waals surface area contributed by atoms with Crippen LogP contribution in [0.25, 0.3) is 0 Å². The number of benzene rings is 1. The fourth-order valence-corrected chi connectivity index (χ4v) is 4.93. The molecular formula is C24H30N4O4. The number of amides is 4. The van der Waals surface area contributed by atoms with E-state index in [4.69, 9.17) is 5.73 Å². The highest BCUT2D eigenvalue weighted by Crippen LogP contribution is 2.67. The molecule has 3 fully saturated rings. The Hall–Kier alpha value is -3.42. The van der Waals surface area contributed by atoms with Gasteiger partial charge in [-0.1, -0.05) is 31.2 Å². The maximum absolute atomic E-state index is 13.1. The van der Waals surface area contributed by atoms with Crippen molar-refractivity contribution in [3.8, 4) is 0 Å². The summed E-state index contributed by atoms with van der Waals surface area (Å²) in [5.74, 6) is -1.60. The molecular weight excluding hydrogens is 408 g/mol. The third-order valence-electron chi connectivity index (χ3n) is 6.44. The molecule has 4 rings (SSSR count). The molecule has 2 bridgehead atoms. The number of anilines is 1. The second-order valence-corrected chi connectivity index (χ2v) is 8.67. The number of hydrogen-bond donors (Lipinski definition) is 4. The summed E-state index contributed by atoms with van der Waals surface area (Å²) >= 11 is 0. The molecule has 1 aromatic rings. The number of carbonyl (C=O) groups is 4. The predicted octanol–water partition coefficient (Wildman–Crippen LogP) is 2.37. The van der Waals surface area contributed by atoms with Crippen molar-refractivity contribution in [1.29, 1.82) is 0 Å². The molecule has 3 saturated carbocycles. The highest BCUT2D eigenvalue weighted by atomic mass is 16.2. The summed E-state index contributed by atoms with van der Waals surface area (Å²) in [7, 11) is 0. The number of primary amides is 1. The standard InChI is InChI=1S/C24H30N4O4/c1-4-6-19(21(31)27-18(5-2)20(25)30)28-22(32)24-12-11-23(13-24,14-24)16-7-9-17(10-8-16)26-15(3)29/h5-10H,4,11-14H2,1-3H3,(H2,25,30)(H,26,29)(H,27,31)(H,28,32)/b18-5+,19-6-. The van der Waals surface area contributed by atoms with Crippen LogP contribution in [0.4, 0.5) is 5.69 Å². The second-order valence-electron chi connectivity index (χ2n) is 8.67. The van der Waals surface area contributed by atoms with Crippen LogP contribution in [0, 0.1) is 5.41 Å². The summed E-state index contributed by atoms with van der Waals surface area (Å²) in [6.45, 7) is 4.92. The average Bonchev–Trinajstić information content (AvgIpc) is 3.29. The SMILES string of the molecule is C/C=C(/NC(=O)/C(=C/CC)NC(=O)C12CCC(c3ccc(NC(C)=O)cc3)(C1)C2)C(N)=O. The number of nitrogens with one attached hydrogen (secondary N) is 3. The van der Waals surface area contributed by atoms with Crippen molar-refractivity contribution >= 4 is 29.3 Å². The molecule has 8 heteroatoms. The van der Waals surface area contributed by atoms with Crippen molar-refractivity contribution in [3.63, 3.8) is 0 Å². The van der Waals surface area contributed by atoms with Gasteiger partial charge in [0.1, 0.15) is 11.4 Å². The summed E-state index contributed by atoms with van der Waals surface area (Å²) in [6, 6.07) is 7.79. The van der Waals surface area contributed by atoms with E-state index in [0.717, 1.165) is 24.1 Å². The first-order valence-corrected chi connectivity index (χ1v) is 10.8. The number of rotatable bonds is 8. The van der Waals surface area contributed by atoms with Gasteiger partial charge in [0, 0.05) is 12.6 Å². The molecule has 0 unspecified atom stereocenters. The minimum atomic E-state index is -0.745. The van der Waals surface area contributed by atoms with Crippen LogP contribution >= 0.6 is 0 Å². The lowest BCUT2D eigenvalue weighted by atomic mass is 9.57. The van der Waals surface area contributed by atoms with Crippen LogP contribution in [-0.4, -0.2) is 23.6 Å². The molecule has 0 spiro atoms. The molecule has 0 aliphatic heterocycles. The molecule has 32 heavy (non-hydrogen) atoms. The maximum atomic E-state index is 13.1. The molecule has 3 aliphatic rings. The Morgan fingerprint density at radius 1 is 1.03 bits per heavy atom. The van der Waals surface area contributed by atoms with Crippen molar-refractivity contribution in [2.75, 3.05) is 5.32 Å². The van der Waals surface area contributed by atoms with Gasteiger partial charge in [-0.15, -0.1) is 0 Å². The van der Waals surface area contributed by atoms with Crippen LogP contribution in [0.2, 0.25) is 0 Å². The normalized spacial score (nSPS) is 24.3. The third-order valence-corrected chi connectivity index (χ3v) is 6.44. The van der Waals surface area contributed by atoms with E-state index in [2.05, 4.69) is 16.0 Å². The zero-order valence-electron chi connectivity index (χ0n) is 18.7. The predicted molar refractivity (Wildman–Crippen MR) is 121 cm³/mol. The van der Waals surface area contributed by atoms with E-state index in [1.165, 1.54) is 13.0 Å². The van der Waals surface area contributed by atoms with E-state index in [-0.39, 0.29) is 28.6 Å². The number of hydrogen-bond acceptors (Lipinski definition) is 4. The Labute approximate surface area is 187 Å². The van der Waals surface area contributed by atoms with Gasteiger partial charge < -0.3 is 21.7 Å². The fourth-order valence-electron chi connectivity index (χ4n) is 4.93. The Bertz CT molecular complexity index is 1000. The Morgan fingerprint density at radius 2 is 1.69 bits per heavy atom. The van der Waals surface area contributed by atoms with E-state index >= 15 is 0 Å². The highest BCUT2D eigenvalue weighted by Gasteiger charge is 2.64. The van der Waals surface area contributed by atoms with Crippen molar-refractivity contribution < 1.29 is 19.2 Å². The number of carbonyl (C=O) groups excluding carboxylic acids is 4. The van der Waals surface area contributed by atoms with Crippen LogP contribution in [-0.2, 0) is 24.6 Å². The second kappa shape index (κ2) is 8.98. The average molecular weight is 439 g/mol. The summed E-state index contributed by atoms with van der Waals surface area (Å²) < 4.78 is 0. The van der Waals surface area contributed by atoms with Crippen LogP contribution in [0.15, 0.2) is 47.8 Å². The van der Waals surface area contributed by atoms with Crippen molar-refractivity contribution in [2.24, 2.45) is 11.1 Å². The van der Waals surface area contributed by atoms with Gasteiger partial charge in [-0.25, -0.2) is 0 Å². The fraction of sp³-hybridized carbons (Fsp3) is 0.417. The Kier molecular flexibility index (Phi) is 6.52. The smallest absolute Gasteiger partial charge is 0.271 e. The van der Waals surface area contributed by atoms with Crippen molar-refractivity contribution in [3.05, 3.63) is 53.4 Å². The van der Waals surface area contributed by atoms with Crippen LogP contribution in [0.1, 0.15) is 58.4 Å². The Balaban J connectivity index is 1.67. The van der Waals surface area contributed by atoms with E-state index < -0.39 is 17.2 Å². The molecule has 0 saturated heterocycles. The van der Waals surface area contributed by atoms with Gasteiger partial charge >= 0.3 is 0 Å². The zero-order valence-corrected chi connectivity index (χ0v) is 18.7. The molecule has 1 aromatic carbocycles.